The third-order valence-electron chi connectivity index (χ3n) is 3.47. The summed E-state index contributed by atoms with van der Waals surface area (Å²) in [7, 11) is 0. The molecule has 94 valence electrons. The summed E-state index contributed by atoms with van der Waals surface area (Å²) in [6, 6.07) is 1.71. The number of carbonyl (C=O) groups excluding carboxylic acids is 1. The van der Waals surface area contributed by atoms with E-state index in [-0.39, 0.29) is 11.7 Å². The van der Waals surface area contributed by atoms with Crippen molar-refractivity contribution in [2.24, 2.45) is 17.8 Å². The first-order chi connectivity index (χ1) is 7.97. The van der Waals surface area contributed by atoms with Crippen LogP contribution >= 0.6 is 34.5 Å². The van der Waals surface area contributed by atoms with Gasteiger partial charge in [0, 0.05) is 11.5 Å². The zero-order valence-electron chi connectivity index (χ0n) is 10.0. The maximum absolute atomic E-state index is 12.4. The van der Waals surface area contributed by atoms with Crippen LogP contribution in [0.4, 0.5) is 0 Å². The van der Waals surface area contributed by atoms with Crippen molar-refractivity contribution in [3.05, 3.63) is 20.3 Å². The Morgan fingerprint density at radius 1 is 1.24 bits per heavy atom. The minimum absolute atomic E-state index is 0.122. The van der Waals surface area contributed by atoms with Gasteiger partial charge in [0.2, 0.25) is 0 Å². The predicted molar refractivity (Wildman–Crippen MR) is 74.3 cm³/mol. The summed E-state index contributed by atoms with van der Waals surface area (Å²) in [4.78, 5) is 12.4. The van der Waals surface area contributed by atoms with E-state index in [2.05, 4.69) is 13.8 Å². The van der Waals surface area contributed by atoms with E-state index in [1.54, 1.807) is 6.07 Å². The summed E-state index contributed by atoms with van der Waals surface area (Å²) in [5.74, 6) is 1.55. The number of hydrogen-bond donors (Lipinski definition) is 0. The second kappa shape index (κ2) is 5.29. The van der Waals surface area contributed by atoms with Gasteiger partial charge in [-0.2, -0.15) is 0 Å². The first-order valence-corrected chi connectivity index (χ1v) is 7.53. The molecule has 0 aliphatic heterocycles. The molecular formula is C13H16Cl2OS. The molecule has 0 amide bonds. The molecule has 17 heavy (non-hydrogen) atoms. The largest absolute Gasteiger partial charge is 0.294 e. The Balaban J connectivity index is 2.17. The van der Waals surface area contributed by atoms with Crippen molar-refractivity contribution >= 4 is 40.3 Å². The number of rotatable bonds is 2. The van der Waals surface area contributed by atoms with Crippen LogP contribution in [0.15, 0.2) is 6.07 Å². The van der Waals surface area contributed by atoms with Crippen LogP contribution in [-0.4, -0.2) is 5.78 Å². The van der Waals surface area contributed by atoms with Crippen molar-refractivity contribution in [2.45, 2.75) is 33.1 Å². The van der Waals surface area contributed by atoms with E-state index < -0.39 is 0 Å². The fourth-order valence-corrected chi connectivity index (χ4v) is 4.36. The molecule has 2 atom stereocenters. The van der Waals surface area contributed by atoms with E-state index in [1.165, 1.54) is 17.8 Å². The lowest BCUT2D eigenvalue weighted by molar-refractivity contribution is 0.0837. The lowest BCUT2D eigenvalue weighted by atomic mass is 9.74. The van der Waals surface area contributed by atoms with Crippen LogP contribution in [0.2, 0.25) is 8.67 Å². The molecule has 0 saturated heterocycles. The number of carbonyl (C=O) groups is 1. The van der Waals surface area contributed by atoms with Crippen molar-refractivity contribution in [3.63, 3.8) is 0 Å². The van der Waals surface area contributed by atoms with Gasteiger partial charge in [0.05, 0.1) is 4.34 Å². The molecule has 0 spiro atoms. The minimum Gasteiger partial charge on any atom is -0.294 e. The average molecular weight is 291 g/mol. The molecule has 1 heterocycles. The van der Waals surface area contributed by atoms with Gasteiger partial charge in [-0.25, -0.2) is 0 Å². The predicted octanol–water partition coefficient (Wildman–Crippen LogP) is 5.31. The summed E-state index contributed by atoms with van der Waals surface area (Å²) < 4.78 is 1.13. The monoisotopic (exact) mass is 290 g/mol. The SMILES string of the molecule is CC1CC(C)CC(C(=O)c2cc(Cl)sc2Cl)C1. The highest BCUT2D eigenvalue weighted by Gasteiger charge is 2.31. The highest BCUT2D eigenvalue weighted by Crippen LogP contribution is 2.38. The van der Waals surface area contributed by atoms with Crippen LogP contribution in [0.25, 0.3) is 0 Å². The van der Waals surface area contributed by atoms with E-state index >= 15 is 0 Å². The molecule has 2 rings (SSSR count). The van der Waals surface area contributed by atoms with Gasteiger partial charge in [-0.3, -0.25) is 4.79 Å². The Kier molecular flexibility index (Phi) is 4.17. The van der Waals surface area contributed by atoms with Crippen LogP contribution < -0.4 is 0 Å². The summed E-state index contributed by atoms with van der Waals surface area (Å²) in [5, 5.41) is 0. The average Bonchev–Trinajstić information content (AvgIpc) is 2.55. The van der Waals surface area contributed by atoms with Crippen LogP contribution in [0.3, 0.4) is 0 Å². The zero-order valence-corrected chi connectivity index (χ0v) is 12.3. The summed E-state index contributed by atoms with van der Waals surface area (Å²) in [6.07, 6.45) is 3.18. The second-order valence-electron chi connectivity index (χ2n) is 5.22. The maximum atomic E-state index is 12.4. The van der Waals surface area contributed by atoms with Crippen molar-refractivity contribution in [2.75, 3.05) is 0 Å². The molecule has 1 aliphatic rings. The van der Waals surface area contributed by atoms with Gasteiger partial charge in [-0.05, 0) is 37.2 Å². The van der Waals surface area contributed by atoms with E-state index in [4.69, 9.17) is 23.2 Å². The smallest absolute Gasteiger partial charge is 0.168 e. The molecule has 1 aromatic rings. The molecule has 0 radical (unpaired) electrons. The van der Waals surface area contributed by atoms with E-state index in [0.29, 0.717) is 26.1 Å². The van der Waals surface area contributed by atoms with Crippen molar-refractivity contribution in [3.8, 4) is 0 Å². The third kappa shape index (κ3) is 3.04. The molecule has 0 bridgehead atoms. The quantitative estimate of drug-likeness (QED) is 0.675. The van der Waals surface area contributed by atoms with Crippen LogP contribution in [0, 0.1) is 17.8 Å². The Morgan fingerprint density at radius 2 is 1.82 bits per heavy atom. The first-order valence-electron chi connectivity index (χ1n) is 5.96. The van der Waals surface area contributed by atoms with Gasteiger partial charge >= 0.3 is 0 Å². The number of halogens is 2. The molecular weight excluding hydrogens is 275 g/mol. The normalized spacial score (nSPS) is 29.3. The van der Waals surface area contributed by atoms with Gasteiger partial charge in [0.15, 0.2) is 5.78 Å². The number of Topliss-reactive ketones (excluding diaryl/α,β-unsaturated/α-hetero) is 1. The van der Waals surface area contributed by atoms with Gasteiger partial charge < -0.3 is 0 Å². The molecule has 1 fully saturated rings. The highest BCUT2D eigenvalue weighted by atomic mass is 35.5. The Bertz CT molecular complexity index is 417. The minimum atomic E-state index is 0.122. The van der Waals surface area contributed by atoms with Gasteiger partial charge in [-0.1, -0.05) is 37.0 Å². The Labute approximate surface area is 116 Å². The van der Waals surface area contributed by atoms with E-state index in [1.807, 2.05) is 0 Å². The number of ketones is 1. The highest BCUT2D eigenvalue weighted by molar-refractivity contribution is 7.20. The molecule has 1 aliphatic carbocycles. The summed E-state index contributed by atoms with van der Waals surface area (Å²) in [5.41, 5.74) is 0.618. The first kappa shape index (κ1) is 13.4. The lowest BCUT2D eigenvalue weighted by Gasteiger charge is -2.30. The van der Waals surface area contributed by atoms with E-state index in [9.17, 15) is 4.79 Å². The third-order valence-corrected chi connectivity index (χ3v) is 4.96. The Morgan fingerprint density at radius 3 is 2.29 bits per heavy atom. The van der Waals surface area contributed by atoms with Crippen LogP contribution in [-0.2, 0) is 0 Å². The van der Waals surface area contributed by atoms with Crippen LogP contribution in [0.5, 0.6) is 0 Å². The molecule has 0 aromatic carbocycles. The standard InChI is InChI=1S/C13H16Cl2OS/c1-7-3-8(2)5-9(4-7)12(16)10-6-11(14)17-13(10)15/h6-9H,3-5H2,1-2H3. The number of hydrogen-bond acceptors (Lipinski definition) is 2. The molecule has 4 heteroatoms. The number of thiophene rings is 1. The topological polar surface area (TPSA) is 17.1 Å². The van der Waals surface area contributed by atoms with Crippen molar-refractivity contribution < 1.29 is 4.79 Å². The maximum Gasteiger partial charge on any atom is 0.168 e. The fraction of sp³-hybridized carbons (Fsp3) is 0.615. The van der Waals surface area contributed by atoms with Gasteiger partial charge in [0.25, 0.3) is 0 Å². The van der Waals surface area contributed by atoms with Crippen molar-refractivity contribution in [1.29, 1.82) is 0 Å². The van der Waals surface area contributed by atoms with Gasteiger partial charge in [-0.15, -0.1) is 11.3 Å². The molecule has 1 saturated carbocycles. The Hall–Kier alpha value is -0.0500. The second-order valence-corrected chi connectivity index (χ2v) is 7.50. The molecule has 0 N–H and O–H groups in total. The van der Waals surface area contributed by atoms with Crippen LogP contribution in [0.1, 0.15) is 43.5 Å². The molecule has 1 aromatic heterocycles. The van der Waals surface area contributed by atoms with Crippen molar-refractivity contribution in [1.82, 2.24) is 0 Å². The van der Waals surface area contributed by atoms with E-state index in [0.717, 1.165) is 12.8 Å². The van der Waals surface area contributed by atoms with Gasteiger partial charge in [0.1, 0.15) is 4.34 Å². The molecule has 2 unspecified atom stereocenters. The zero-order chi connectivity index (χ0) is 12.6. The summed E-state index contributed by atoms with van der Waals surface area (Å²) >= 11 is 13.2. The lowest BCUT2D eigenvalue weighted by Crippen LogP contribution is -2.26. The molecule has 1 nitrogen and oxygen atoms in total. The summed E-state index contributed by atoms with van der Waals surface area (Å²) in [6.45, 7) is 4.44. The fourth-order valence-electron chi connectivity index (χ4n) is 2.89.